The number of furan rings is 1. The average molecular weight is 270 g/mol. The minimum atomic E-state index is -3.71. The number of nitrogens with two attached hydrogens (primary N) is 1. The van der Waals surface area contributed by atoms with Crippen molar-refractivity contribution in [1.29, 1.82) is 0 Å². The zero-order chi connectivity index (χ0) is 13.2. The summed E-state index contributed by atoms with van der Waals surface area (Å²) in [6.45, 7) is 1.84. The summed E-state index contributed by atoms with van der Waals surface area (Å²) in [6, 6.07) is 2.43. The molecular weight excluding hydrogens is 256 g/mol. The molecule has 0 amide bonds. The van der Waals surface area contributed by atoms with Gasteiger partial charge in [0.2, 0.25) is 5.09 Å². The topological polar surface area (TPSA) is 114 Å². The van der Waals surface area contributed by atoms with Crippen molar-refractivity contribution in [3.05, 3.63) is 36.1 Å². The Morgan fingerprint density at radius 1 is 1.56 bits per heavy atom. The SMILES string of the molecule is CC(NS(=O)(=O)c1ccc(CN)o1)c1ncc[nH]1. The zero-order valence-corrected chi connectivity index (χ0v) is 10.6. The van der Waals surface area contributed by atoms with Gasteiger partial charge in [-0.05, 0) is 19.1 Å². The van der Waals surface area contributed by atoms with Gasteiger partial charge in [0.1, 0.15) is 11.6 Å². The van der Waals surface area contributed by atoms with Crippen molar-refractivity contribution in [3.63, 3.8) is 0 Å². The van der Waals surface area contributed by atoms with Gasteiger partial charge in [0.25, 0.3) is 10.0 Å². The van der Waals surface area contributed by atoms with Crippen molar-refractivity contribution in [2.75, 3.05) is 0 Å². The summed E-state index contributed by atoms with van der Waals surface area (Å²) < 4.78 is 31.5. The largest absolute Gasteiger partial charge is 0.447 e. The lowest BCUT2D eigenvalue weighted by molar-refractivity contribution is 0.410. The van der Waals surface area contributed by atoms with Crippen LogP contribution in [0.2, 0.25) is 0 Å². The van der Waals surface area contributed by atoms with E-state index in [1.807, 2.05) is 0 Å². The van der Waals surface area contributed by atoms with Crippen LogP contribution in [0.1, 0.15) is 24.6 Å². The highest BCUT2D eigenvalue weighted by molar-refractivity contribution is 7.89. The molecule has 0 aliphatic rings. The number of rotatable bonds is 5. The standard InChI is InChI=1S/C10H14N4O3S/c1-7(10-12-4-5-13-10)14-18(15,16)9-3-2-8(6-11)17-9/h2-5,7,14H,6,11H2,1H3,(H,12,13). The van der Waals surface area contributed by atoms with E-state index < -0.39 is 16.1 Å². The maximum absolute atomic E-state index is 12.0. The number of nitrogens with one attached hydrogen (secondary N) is 2. The molecule has 0 fully saturated rings. The molecule has 0 aliphatic heterocycles. The summed E-state index contributed by atoms with van der Waals surface area (Å²) >= 11 is 0. The molecule has 98 valence electrons. The number of H-pyrrole nitrogens is 1. The van der Waals surface area contributed by atoms with Crippen LogP contribution in [0.3, 0.4) is 0 Å². The Morgan fingerprint density at radius 3 is 2.89 bits per heavy atom. The Morgan fingerprint density at radius 2 is 2.33 bits per heavy atom. The van der Waals surface area contributed by atoms with E-state index in [1.54, 1.807) is 19.3 Å². The first-order valence-corrected chi connectivity index (χ1v) is 6.81. The fraction of sp³-hybridized carbons (Fsp3) is 0.300. The molecule has 2 rings (SSSR count). The van der Waals surface area contributed by atoms with Crippen LogP contribution in [0, 0.1) is 0 Å². The molecule has 1 atom stereocenters. The van der Waals surface area contributed by atoms with Gasteiger partial charge in [-0.15, -0.1) is 0 Å². The third-order valence-corrected chi connectivity index (χ3v) is 3.78. The van der Waals surface area contributed by atoms with Gasteiger partial charge < -0.3 is 15.1 Å². The quantitative estimate of drug-likeness (QED) is 0.732. The first-order valence-electron chi connectivity index (χ1n) is 5.33. The maximum Gasteiger partial charge on any atom is 0.274 e. The maximum atomic E-state index is 12.0. The van der Waals surface area contributed by atoms with Gasteiger partial charge in [0, 0.05) is 12.4 Å². The number of aromatic amines is 1. The molecule has 7 nitrogen and oxygen atoms in total. The second kappa shape index (κ2) is 4.92. The molecule has 2 aromatic heterocycles. The second-order valence-corrected chi connectivity index (χ2v) is 5.39. The highest BCUT2D eigenvalue weighted by Gasteiger charge is 2.22. The minimum absolute atomic E-state index is 0.152. The predicted octanol–water partition coefficient (Wildman–Crippen LogP) is 0.501. The van der Waals surface area contributed by atoms with Gasteiger partial charge >= 0.3 is 0 Å². The van der Waals surface area contributed by atoms with E-state index >= 15 is 0 Å². The van der Waals surface area contributed by atoms with E-state index in [0.717, 1.165) is 0 Å². The number of imidazole rings is 1. The molecule has 0 aliphatic carbocycles. The first-order chi connectivity index (χ1) is 8.53. The highest BCUT2D eigenvalue weighted by atomic mass is 32.2. The lowest BCUT2D eigenvalue weighted by Gasteiger charge is -2.10. The van der Waals surface area contributed by atoms with Crippen LogP contribution < -0.4 is 10.5 Å². The normalized spacial score (nSPS) is 13.7. The van der Waals surface area contributed by atoms with E-state index in [4.69, 9.17) is 10.2 Å². The first kappa shape index (κ1) is 12.8. The molecule has 8 heteroatoms. The van der Waals surface area contributed by atoms with Gasteiger partial charge in [0.15, 0.2) is 0 Å². The lowest BCUT2D eigenvalue weighted by Crippen LogP contribution is -2.27. The van der Waals surface area contributed by atoms with Crippen LogP contribution >= 0.6 is 0 Å². The van der Waals surface area contributed by atoms with Crippen LogP contribution in [-0.4, -0.2) is 18.4 Å². The number of aromatic nitrogens is 2. The molecule has 1 unspecified atom stereocenters. The van der Waals surface area contributed by atoms with Gasteiger partial charge in [-0.1, -0.05) is 0 Å². The van der Waals surface area contributed by atoms with Gasteiger partial charge in [0.05, 0.1) is 12.6 Å². The van der Waals surface area contributed by atoms with Crippen LogP contribution in [0.5, 0.6) is 0 Å². The fourth-order valence-electron chi connectivity index (χ4n) is 1.47. The molecule has 2 heterocycles. The molecular formula is C10H14N4O3S. The summed E-state index contributed by atoms with van der Waals surface area (Å²) in [5, 5.41) is -0.152. The smallest absolute Gasteiger partial charge is 0.274 e. The van der Waals surface area contributed by atoms with E-state index in [-0.39, 0.29) is 11.6 Å². The second-order valence-electron chi connectivity index (χ2n) is 3.74. The van der Waals surface area contributed by atoms with E-state index in [9.17, 15) is 8.42 Å². The van der Waals surface area contributed by atoms with Crippen molar-refractivity contribution in [2.24, 2.45) is 5.73 Å². The van der Waals surface area contributed by atoms with Crippen LogP contribution in [0.25, 0.3) is 0 Å². The van der Waals surface area contributed by atoms with Crippen LogP contribution in [-0.2, 0) is 16.6 Å². The third kappa shape index (κ3) is 2.61. The Kier molecular flexibility index (Phi) is 3.50. The van der Waals surface area contributed by atoms with Crippen molar-refractivity contribution in [2.45, 2.75) is 24.6 Å². The molecule has 0 saturated carbocycles. The zero-order valence-electron chi connectivity index (χ0n) is 9.75. The van der Waals surface area contributed by atoms with Crippen LogP contribution in [0.15, 0.2) is 34.0 Å². The lowest BCUT2D eigenvalue weighted by atomic mass is 10.3. The van der Waals surface area contributed by atoms with E-state index in [2.05, 4.69) is 14.7 Å². The van der Waals surface area contributed by atoms with Gasteiger partial charge in [-0.3, -0.25) is 0 Å². The summed E-state index contributed by atoms with van der Waals surface area (Å²) in [5.74, 6) is 0.949. The molecule has 0 aromatic carbocycles. The molecule has 0 saturated heterocycles. The number of hydrogen-bond donors (Lipinski definition) is 3. The Labute approximate surface area is 104 Å². The van der Waals surface area contributed by atoms with Crippen molar-refractivity contribution in [1.82, 2.24) is 14.7 Å². The van der Waals surface area contributed by atoms with Crippen LogP contribution in [0.4, 0.5) is 0 Å². The summed E-state index contributed by atoms with van der Waals surface area (Å²) in [6.07, 6.45) is 3.18. The summed E-state index contributed by atoms with van der Waals surface area (Å²) in [5.41, 5.74) is 5.36. The summed E-state index contributed by atoms with van der Waals surface area (Å²) in [7, 11) is -3.71. The number of hydrogen-bond acceptors (Lipinski definition) is 5. The third-order valence-electron chi connectivity index (χ3n) is 2.36. The highest BCUT2D eigenvalue weighted by Crippen LogP contribution is 2.16. The monoisotopic (exact) mass is 270 g/mol. The molecule has 2 aromatic rings. The molecule has 0 spiro atoms. The van der Waals surface area contributed by atoms with Crippen molar-refractivity contribution >= 4 is 10.0 Å². The Balaban J connectivity index is 2.17. The molecule has 0 radical (unpaired) electrons. The molecule has 18 heavy (non-hydrogen) atoms. The average Bonchev–Trinajstić information content (AvgIpc) is 3.00. The summed E-state index contributed by atoms with van der Waals surface area (Å²) in [4.78, 5) is 6.82. The van der Waals surface area contributed by atoms with E-state index in [0.29, 0.717) is 11.6 Å². The van der Waals surface area contributed by atoms with E-state index in [1.165, 1.54) is 12.1 Å². The van der Waals surface area contributed by atoms with Crippen molar-refractivity contribution < 1.29 is 12.8 Å². The molecule has 0 bridgehead atoms. The van der Waals surface area contributed by atoms with Gasteiger partial charge in [-0.2, -0.15) is 4.72 Å². The number of sulfonamides is 1. The molecule has 4 N–H and O–H groups in total. The Hall–Kier alpha value is -1.64. The van der Waals surface area contributed by atoms with Gasteiger partial charge in [-0.25, -0.2) is 13.4 Å². The Bertz CT molecular complexity index is 603. The predicted molar refractivity (Wildman–Crippen MR) is 63.9 cm³/mol. The number of nitrogens with zero attached hydrogens (tertiary/aromatic N) is 1. The fourth-order valence-corrected chi connectivity index (χ4v) is 2.63. The minimum Gasteiger partial charge on any atom is -0.447 e. The van der Waals surface area contributed by atoms with Crippen molar-refractivity contribution in [3.8, 4) is 0 Å².